The third-order valence-electron chi connectivity index (χ3n) is 4.95. The summed E-state index contributed by atoms with van der Waals surface area (Å²) in [6.07, 6.45) is 1.55. The predicted molar refractivity (Wildman–Crippen MR) is 116 cm³/mol. The van der Waals surface area contributed by atoms with Gasteiger partial charge in [0.05, 0.1) is 17.0 Å². The van der Waals surface area contributed by atoms with Crippen molar-refractivity contribution in [2.75, 3.05) is 13.4 Å². The summed E-state index contributed by atoms with van der Waals surface area (Å²) in [7, 11) is -2.13. The molecule has 0 aliphatic carbocycles. The number of carbonyl (C=O) groups excluding carboxylic acids is 1. The Kier molecular flexibility index (Phi) is 5.92. The summed E-state index contributed by atoms with van der Waals surface area (Å²) >= 11 is 6.42. The summed E-state index contributed by atoms with van der Waals surface area (Å²) in [5.41, 5.74) is 1.39. The van der Waals surface area contributed by atoms with E-state index >= 15 is 0 Å². The number of H-pyrrole nitrogens is 2. The van der Waals surface area contributed by atoms with Crippen LogP contribution in [-0.4, -0.2) is 37.8 Å². The molecule has 0 radical (unpaired) electrons. The molecule has 2 aromatic carbocycles. The van der Waals surface area contributed by atoms with Gasteiger partial charge < -0.3 is 9.84 Å². The molecule has 3 rings (SSSR count). The van der Waals surface area contributed by atoms with Gasteiger partial charge in [-0.3, -0.25) is 14.7 Å². The van der Waals surface area contributed by atoms with Gasteiger partial charge in [0, 0.05) is 28.6 Å². The van der Waals surface area contributed by atoms with Crippen molar-refractivity contribution in [3.63, 3.8) is 0 Å². The van der Waals surface area contributed by atoms with E-state index < -0.39 is 21.2 Å². The smallest absolute Gasteiger partial charge is 0.275 e. The Balaban J connectivity index is 2.32. The van der Waals surface area contributed by atoms with E-state index in [1.54, 1.807) is 25.1 Å². The molecule has 0 saturated heterocycles. The highest BCUT2D eigenvalue weighted by Gasteiger charge is 2.26. The van der Waals surface area contributed by atoms with E-state index in [-0.39, 0.29) is 21.0 Å². The third-order valence-corrected chi connectivity index (χ3v) is 6.40. The fourth-order valence-electron chi connectivity index (χ4n) is 3.44. The molecule has 0 aliphatic heterocycles. The summed E-state index contributed by atoms with van der Waals surface area (Å²) in [6.45, 7) is 3.46. The maximum atomic E-state index is 13.2. The maximum absolute atomic E-state index is 13.2. The van der Waals surface area contributed by atoms with Gasteiger partial charge in [0.25, 0.3) is 5.56 Å². The van der Waals surface area contributed by atoms with Gasteiger partial charge in [0.1, 0.15) is 11.3 Å². The monoisotopic (exact) mass is 448 g/mol. The Morgan fingerprint density at radius 2 is 1.87 bits per heavy atom. The van der Waals surface area contributed by atoms with E-state index in [0.29, 0.717) is 34.6 Å². The number of aromatic amines is 2. The second kappa shape index (κ2) is 8.12. The lowest BCUT2D eigenvalue weighted by molar-refractivity contribution is 0.103. The molecule has 0 saturated carbocycles. The van der Waals surface area contributed by atoms with Crippen molar-refractivity contribution in [1.29, 1.82) is 0 Å². The van der Waals surface area contributed by atoms with Crippen molar-refractivity contribution in [2.24, 2.45) is 0 Å². The van der Waals surface area contributed by atoms with Gasteiger partial charge in [-0.25, -0.2) is 8.42 Å². The van der Waals surface area contributed by atoms with E-state index in [0.717, 1.165) is 6.26 Å². The number of carbonyl (C=O) groups is 1. The van der Waals surface area contributed by atoms with Crippen molar-refractivity contribution in [2.45, 2.75) is 25.2 Å². The molecule has 3 aromatic rings. The molecule has 0 amide bonds. The van der Waals surface area contributed by atoms with Gasteiger partial charge in [-0.05, 0) is 49.2 Å². The molecule has 0 atom stereocenters. The molecule has 1 aromatic heterocycles. The Morgan fingerprint density at radius 1 is 1.17 bits per heavy atom. The number of nitrogens with one attached hydrogen (secondary N) is 2. The Hall–Kier alpha value is -2.84. The topological polar surface area (TPSA) is 109 Å². The van der Waals surface area contributed by atoms with Crippen LogP contribution in [-0.2, 0) is 16.3 Å². The van der Waals surface area contributed by atoms with Crippen LogP contribution in [0.3, 0.4) is 0 Å². The molecule has 30 heavy (non-hydrogen) atoms. The summed E-state index contributed by atoms with van der Waals surface area (Å²) in [5, 5.41) is 5.42. The number of hydrogen-bond donors (Lipinski definition) is 2. The number of aryl methyl sites for hydroxylation is 1. The van der Waals surface area contributed by atoms with Crippen LogP contribution in [0, 0.1) is 6.92 Å². The zero-order valence-electron chi connectivity index (χ0n) is 16.9. The normalized spacial score (nSPS) is 11.5. The molecule has 1 heterocycles. The first-order valence-corrected chi connectivity index (χ1v) is 11.4. The number of sulfone groups is 1. The van der Waals surface area contributed by atoms with Gasteiger partial charge in [-0.2, -0.15) is 0 Å². The highest BCUT2D eigenvalue weighted by molar-refractivity contribution is 7.90. The van der Waals surface area contributed by atoms with E-state index in [1.165, 1.54) is 19.2 Å². The molecule has 0 fully saturated rings. The number of rotatable bonds is 6. The first-order chi connectivity index (χ1) is 14.1. The molecule has 2 N–H and O–H groups in total. The maximum Gasteiger partial charge on any atom is 0.275 e. The standard InChI is InChI=1S/C21H21ClN2O5S/c1-5-16-19(21(26)24-23-16)20(25)13-8-9-17(30(4,27)28)18(11(13)2)14-7-6-12(29-3)10-15(14)22/h6-10H,5H2,1-4H3,(H2,23,24,26). The molecule has 0 aliphatic rings. The lowest BCUT2D eigenvalue weighted by Crippen LogP contribution is -2.17. The summed E-state index contributed by atoms with van der Waals surface area (Å²) < 4.78 is 30.1. The molecular weight excluding hydrogens is 428 g/mol. The van der Waals surface area contributed by atoms with Crippen LogP contribution in [0.5, 0.6) is 5.75 Å². The molecule has 158 valence electrons. The molecule has 0 spiro atoms. The largest absolute Gasteiger partial charge is 0.497 e. The average Bonchev–Trinajstić information content (AvgIpc) is 3.07. The number of aromatic nitrogens is 2. The fraction of sp³-hybridized carbons (Fsp3) is 0.238. The van der Waals surface area contributed by atoms with Crippen LogP contribution < -0.4 is 10.3 Å². The van der Waals surface area contributed by atoms with Crippen LogP contribution in [0.4, 0.5) is 0 Å². The van der Waals surface area contributed by atoms with Crippen molar-refractivity contribution in [3.05, 3.63) is 68.1 Å². The molecule has 7 nitrogen and oxygen atoms in total. The molecule has 0 unspecified atom stereocenters. The van der Waals surface area contributed by atoms with E-state index in [1.807, 2.05) is 6.92 Å². The van der Waals surface area contributed by atoms with Crippen LogP contribution >= 0.6 is 11.6 Å². The Labute approximate surface area is 178 Å². The van der Waals surface area contributed by atoms with E-state index in [4.69, 9.17) is 16.3 Å². The number of ketones is 1. The van der Waals surface area contributed by atoms with Crippen molar-refractivity contribution >= 4 is 27.2 Å². The Morgan fingerprint density at radius 3 is 2.43 bits per heavy atom. The lowest BCUT2D eigenvalue weighted by Gasteiger charge is -2.17. The van der Waals surface area contributed by atoms with Crippen LogP contribution in [0.2, 0.25) is 5.02 Å². The van der Waals surface area contributed by atoms with Crippen molar-refractivity contribution < 1.29 is 17.9 Å². The number of hydrogen-bond acceptors (Lipinski definition) is 5. The SMILES string of the molecule is CCc1[nH][nH]c(=O)c1C(=O)c1ccc(S(C)(=O)=O)c(-c2ccc(OC)cc2Cl)c1C. The quantitative estimate of drug-likeness (QED) is 0.560. The van der Waals surface area contributed by atoms with Crippen LogP contribution in [0.15, 0.2) is 40.0 Å². The van der Waals surface area contributed by atoms with E-state index in [2.05, 4.69) is 10.2 Å². The second-order valence-corrected chi connectivity index (χ2v) is 9.24. The van der Waals surface area contributed by atoms with Crippen molar-refractivity contribution in [1.82, 2.24) is 10.2 Å². The molecule has 0 bridgehead atoms. The number of benzene rings is 2. The molecular formula is C21H21ClN2O5S. The van der Waals surface area contributed by atoms with Crippen molar-refractivity contribution in [3.8, 4) is 16.9 Å². The first-order valence-electron chi connectivity index (χ1n) is 9.11. The summed E-state index contributed by atoms with van der Waals surface area (Å²) in [6, 6.07) is 7.68. The zero-order chi connectivity index (χ0) is 22.2. The second-order valence-electron chi connectivity index (χ2n) is 6.84. The number of ether oxygens (including phenoxy) is 1. The predicted octanol–water partition coefficient (Wildman–Crippen LogP) is 3.54. The Bertz CT molecular complexity index is 1310. The molecule has 9 heteroatoms. The van der Waals surface area contributed by atoms with Gasteiger partial charge in [-0.1, -0.05) is 18.5 Å². The minimum atomic E-state index is -3.63. The summed E-state index contributed by atoms with van der Waals surface area (Å²) in [4.78, 5) is 25.5. The van der Waals surface area contributed by atoms with Crippen LogP contribution in [0.1, 0.15) is 34.1 Å². The van der Waals surface area contributed by atoms with Gasteiger partial charge >= 0.3 is 0 Å². The highest BCUT2D eigenvalue weighted by Crippen LogP contribution is 2.38. The van der Waals surface area contributed by atoms with E-state index in [9.17, 15) is 18.0 Å². The minimum absolute atomic E-state index is 0.0134. The summed E-state index contributed by atoms with van der Waals surface area (Å²) in [5.74, 6) is 0.0266. The van der Waals surface area contributed by atoms with Gasteiger partial charge in [0.2, 0.25) is 5.78 Å². The first kappa shape index (κ1) is 21.9. The third kappa shape index (κ3) is 3.80. The van der Waals surface area contributed by atoms with Gasteiger partial charge in [-0.15, -0.1) is 0 Å². The van der Waals surface area contributed by atoms with Gasteiger partial charge in [0.15, 0.2) is 9.84 Å². The average molecular weight is 449 g/mol. The number of methoxy groups -OCH3 is 1. The minimum Gasteiger partial charge on any atom is -0.497 e. The highest BCUT2D eigenvalue weighted by atomic mass is 35.5. The zero-order valence-corrected chi connectivity index (χ0v) is 18.5. The van der Waals surface area contributed by atoms with Crippen LogP contribution in [0.25, 0.3) is 11.1 Å². The number of halogens is 1. The lowest BCUT2D eigenvalue weighted by atomic mass is 9.92. The fourth-order valence-corrected chi connectivity index (χ4v) is 4.65.